The Kier molecular flexibility index (Phi) is 5.36. The van der Waals surface area contributed by atoms with E-state index in [1.807, 2.05) is 5.32 Å². The molecule has 0 aliphatic rings. The Hall–Kier alpha value is -2.25. The summed E-state index contributed by atoms with van der Waals surface area (Å²) >= 11 is 0. The molecule has 1 aromatic rings. The van der Waals surface area contributed by atoms with E-state index in [0.29, 0.717) is 18.6 Å². The normalized spacial score (nSPS) is 11.8. The summed E-state index contributed by atoms with van der Waals surface area (Å²) in [4.78, 5) is 22.3. The molecule has 110 valence electrons. The standard InChI is InChI=1S/C12H13F3N2O3/c1-2-3-9(11(18)19)17-12(20)16-6-4-7(13)10(15)8(14)5-6/h4-5,9H,2-3H2,1H3,(H,18,19)(H2,16,17,20). The summed E-state index contributed by atoms with van der Waals surface area (Å²) in [7, 11) is 0. The molecular formula is C12H13F3N2O3. The molecule has 1 unspecified atom stereocenters. The second-order valence-electron chi connectivity index (χ2n) is 4.03. The number of halogens is 3. The molecule has 1 atom stereocenters. The van der Waals surface area contributed by atoms with Crippen molar-refractivity contribution in [2.24, 2.45) is 0 Å². The van der Waals surface area contributed by atoms with E-state index >= 15 is 0 Å². The van der Waals surface area contributed by atoms with Gasteiger partial charge in [0.1, 0.15) is 6.04 Å². The van der Waals surface area contributed by atoms with Crippen molar-refractivity contribution >= 4 is 17.7 Å². The van der Waals surface area contributed by atoms with Gasteiger partial charge in [0.2, 0.25) is 0 Å². The van der Waals surface area contributed by atoms with Gasteiger partial charge < -0.3 is 15.7 Å². The maximum atomic E-state index is 12.9. The average Bonchev–Trinajstić information content (AvgIpc) is 2.35. The third-order valence-electron chi connectivity index (χ3n) is 2.42. The highest BCUT2D eigenvalue weighted by Crippen LogP contribution is 2.17. The third kappa shape index (κ3) is 4.15. The van der Waals surface area contributed by atoms with E-state index < -0.39 is 35.5 Å². The predicted molar refractivity (Wildman–Crippen MR) is 64.8 cm³/mol. The summed E-state index contributed by atoms with van der Waals surface area (Å²) in [6.07, 6.45) is 0.728. The van der Waals surface area contributed by atoms with E-state index in [2.05, 4.69) is 5.32 Å². The highest BCUT2D eigenvalue weighted by Gasteiger charge is 2.19. The van der Waals surface area contributed by atoms with Gasteiger partial charge in [0, 0.05) is 17.8 Å². The quantitative estimate of drug-likeness (QED) is 0.729. The SMILES string of the molecule is CCCC(NC(=O)Nc1cc(F)c(F)c(F)c1)C(=O)O. The molecule has 0 bridgehead atoms. The lowest BCUT2D eigenvalue weighted by Crippen LogP contribution is -2.42. The van der Waals surface area contributed by atoms with Crippen LogP contribution >= 0.6 is 0 Å². The largest absolute Gasteiger partial charge is 0.480 e. The van der Waals surface area contributed by atoms with Gasteiger partial charge in [-0.25, -0.2) is 22.8 Å². The molecule has 8 heteroatoms. The van der Waals surface area contributed by atoms with Crippen LogP contribution in [0.1, 0.15) is 19.8 Å². The Morgan fingerprint density at radius 3 is 2.25 bits per heavy atom. The lowest BCUT2D eigenvalue weighted by atomic mass is 10.2. The number of urea groups is 1. The van der Waals surface area contributed by atoms with E-state index in [1.165, 1.54) is 0 Å². The molecule has 20 heavy (non-hydrogen) atoms. The van der Waals surface area contributed by atoms with Crippen LogP contribution in [0.3, 0.4) is 0 Å². The monoisotopic (exact) mass is 290 g/mol. The van der Waals surface area contributed by atoms with E-state index in [9.17, 15) is 22.8 Å². The fraction of sp³-hybridized carbons (Fsp3) is 0.333. The first-order valence-corrected chi connectivity index (χ1v) is 5.80. The van der Waals surface area contributed by atoms with E-state index in [4.69, 9.17) is 5.11 Å². The lowest BCUT2D eigenvalue weighted by molar-refractivity contribution is -0.139. The Bertz CT molecular complexity index is 500. The zero-order valence-corrected chi connectivity index (χ0v) is 10.5. The molecule has 1 aromatic carbocycles. The summed E-state index contributed by atoms with van der Waals surface area (Å²) in [5.74, 6) is -5.78. The number of carboxylic acid groups (broad SMARTS) is 1. The fourth-order valence-electron chi connectivity index (χ4n) is 1.50. The van der Waals surface area contributed by atoms with Crippen LogP contribution in [0.15, 0.2) is 12.1 Å². The Morgan fingerprint density at radius 1 is 1.25 bits per heavy atom. The smallest absolute Gasteiger partial charge is 0.326 e. The summed E-state index contributed by atoms with van der Waals surface area (Å²) < 4.78 is 38.6. The molecule has 5 nitrogen and oxygen atoms in total. The predicted octanol–water partition coefficient (Wildman–Crippen LogP) is 2.48. The summed E-state index contributed by atoms with van der Waals surface area (Å²) in [5.41, 5.74) is -0.320. The van der Waals surface area contributed by atoms with Crippen molar-refractivity contribution in [3.63, 3.8) is 0 Å². The molecule has 2 amide bonds. The number of nitrogens with one attached hydrogen (secondary N) is 2. The molecule has 0 heterocycles. The van der Waals surface area contributed by atoms with Crippen LogP contribution in [0.25, 0.3) is 0 Å². The number of aliphatic carboxylic acids is 1. The summed E-state index contributed by atoms with van der Waals surface area (Å²) in [6, 6.07) is -0.882. The highest BCUT2D eigenvalue weighted by molar-refractivity contribution is 5.92. The van der Waals surface area contributed by atoms with Gasteiger partial charge in [-0.05, 0) is 6.42 Å². The number of amides is 2. The van der Waals surface area contributed by atoms with Gasteiger partial charge in [-0.1, -0.05) is 13.3 Å². The van der Waals surface area contributed by atoms with Crippen LogP contribution in [0.5, 0.6) is 0 Å². The van der Waals surface area contributed by atoms with Gasteiger partial charge in [-0.2, -0.15) is 0 Å². The topological polar surface area (TPSA) is 78.4 Å². The molecule has 1 rings (SSSR count). The fourth-order valence-corrected chi connectivity index (χ4v) is 1.50. The zero-order valence-electron chi connectivity index (χ0n) is 10.5. The van der Waals surface area contributed by atoms with E-state index in [-0.39, 0.29) is 12.1 Å². The molecule has 0 radical (unpaired) electrons. The minimum atomic E-state index is -1.65. The van der Waals surface area contributed by atoms with Crippen LogP contribution in [0.2, 0.25) is 0 Å². The maximum Gasteiger partial charge on any atom is 0.326 e. The molecule has 0 aliphatic heterocycles. The van der Waals surface area contributed by atoms with Gasteiger partial charge in [-0.15, -0.1) is 0 Å². The molecule has 0 saturated heterocycles. The second-order valence-corrected chi connectivity index (χ2v) is 4.03. The number of carbonyl (C=O) groups excluding carboxylic acids is 1. The minimum absolute atomic E-state index is 0.203. The van der Waals surface area contributed by atoms with Crippen LogP contribution in [0.4, 0.5) is 23.7 Å². The van der Waals surface area contributed by atoms with Crippen LogP contribution in [0, 0.1) is 17.5 Å². The van der Waals surface area contributed by atoms with Crippen molar-refractivity contribution in [3.8, 4) is 0 Å². The van der Waals surface area contributed by atoms with Gasteiger partial charge >= 0.3 is 12.0 Å². The average molecular weight is 290 g/mol. The summed E-state index contributed by atoms with van der Waals surface area (Å²) in [6.45, 7) is 1.74. The first kappa shape index (κ1) is 15.8. The minimum Gasteiger partial charge on any atom is -0.480 e. The first-order chi connectivity index (χ1) is 9.35. The van der Waals surface area contributed by atoms with Crippen LogP contribution in [-0.4, -0.2) is 23.1 Å². The molecule has 3 N–H and O–H groups in total. The Morgan fingerprint density at radius 2 is 1.80 bits per heavy atom. The van der Waals surface area contributed by atoms with Crippen molar-refractivity contribution in [2.45, 2.75) is 25.8 Å². The number of hydrogen-bond acceptors (Lipinski definition) is 2. The molecule has 0 fully saturated rings. The number of hydrogen-bond donors (Lipinski definition) is 3. The second kappa shape index (κ2) is 6.78. The molecule has 0 aliphatic carbocycles. The van der Waals surface area contributed by atoms with E-state index in [1.54, 1.807) is 6.92 Å². The Labute approximate surface area is 112 Å². The van der Waals surface area contributed by atoms with Gasteiger partial charge in [-0.3, -0.25) is 0 Å². The van der Waals surface area contributed by atoms with Crippen LogP contribution < -0.4 is 10.6 Å². The number of carboxylic acids is 1. The van der Waals surface area contributed by atoms with Crippen molar-refractivity contribution in [2.75, 3.05) is 5.32 Å². The molecular weight excluding hydrogens is 277 g/mol. The zero-order chi connectivity index (χ0) is 15.3. The van der Waals surface area contributed by atoms with E-state index in [0.717, 1.165) is 0 Å². The molecule has 0 aromatic heterocycles. The first-order valence-electron chi connectivity index (χ1n) is 5.80. The highest BCUT2D eigenvalue weighted by atomic mass is 19.2. The summed E-state index contributed by atoms with van der Waals surface area (Å²) in [5, 5.41) is 13.0. The number of benzene rings is 1. The van der Waals surface area contributed by atoms with Gasteiger partial charge in [0.25, 0.3) is 0 Å². The van der Waals surface area contributed by atoms with Crippen molar-refractivity contribution in [1.82, 2.24) is 5.32 Å². The van der Waals surface area contributed by atoms with Crippen molar-refractivity contribution in [1.29, 1.82) is 0 Å². The third-order valence-corrected chi connectivity index (χ3v) is 2.42. The number of anilines is 1. The van der Waals surface area contributed by atoms with Gasteiger partial charge in [0.15, 0.2) is 17.5 Å². The van der Waals surface area contributed by atoms with Gasteiger partial charge in [0.05, 0.1) is 0 Å². The Balaban J connectivity index is 2.73. The number of carbonyl (C=O) groups is 2. The maximum absolute atomic E-state index is 12.9. The van der Waals surface area contributed by atoms with Crippen LogP contribution in [-0.2, 0) is 4.79 Å². The lowest BCUT2D eigenvalue weighted by Gasteiger charge is -2.14. The van der Waals surface area contributed by atoms with Crippen molar-refractivity contribution < 1.29 is 27.9 Å². The van der Waals surface area contributed by atoms with Crippen molar-refractivity contribution in [3.05, 3.63) is 29.6 Å². The molecule has 0 spiro atoms. The molecule has 0 saturated carbocycles. The number of rotatable bonds is 5.